The summed E-state index contributed by atoms with van der Waals surface area (Å²) >= 11 is 2.59. The van der Waals surface area contributed by atoms with Crippen LogP contribution < -0.4 is 15.0 Å². The van der Waals surface area contributed by atoms with Gasteiger partial charge in [-0.15, -0.1) is 11.3 Å². The third-order valence-electron chi connectivity index (χ3n) is 4.29. The van der Waals surface area contributed by atoms with Gasteiger partial charge in [0.25, 0.3) is 5.91 Å². The van der Waals surface area contributed by atoms with Crippen LogP contribution in [-0.2, 0) is 9.59 Å². The first-order valence-corrected chi connectivity index (χ1v) is 10.4. The molecule has 0 spiro atoms. The third kappa shape index (κ3) is 3.89. The van der Waals surface area contributed by atoms with Gasteiger partial charge in [0.2, 0.25) is 5.91 Å². The lowest BCUT2D eigenvalue weighted by molar-refractivity contribution is -0.123. The van der Waals surface area contributed by atoms with Crippen molar-refractivity contribution in [3.63, 3.8) is 0 Å². The molecule has 3 aromatic rings. The maximum absolute atomic E-state index is 12.6. The van der Waals surface area contributed by atoms with Crippen LogP contribution in [0.1, 0.15) is 22.3 Å². The van der Waals surface area contributed by atoms with Crippen molar-refractivity contribution in [2.45, 2.75) is 13.8 Å². The lowest BCUT2D eigenvalue weighted by Crippen LogP contribution is -2.43. The van der Waals surface area contributed by atoms with Crippen LogP contribution in [-0.4, -0.2) is 40.7 Å². The van der Waals surface area contributed by atoms with Crippen molar-refractivity contribution in [1.29, 1.82) is 0 Å². The fourth-order valence-electron chi connectivity index (χ4n) is 2.97. The number of carbonyl (C=O) groups is 3. The summed E-state index contributed by atoms with van der Waals surface area (Å²) in [6.07, 6.45) is 0. The summed E-state index contributed by atoms with van der Waals surface area (Å²) in [5.74, 6) is -0.301. The molecule has 1 aromatic carbocycles. The number of aryl methyl sites for hydroxylation is 1. The molecule has 4 rings (SSSR count). The number of nitrogens with one attached hydrogen (secondary N) is 1. The molecule has 29 heavy (non-hydrogen) atoms. The van der Waals surface area contributed by atoms with Crippen LogP contribution in [0.2, 0.25) is 0 Å². The van der Waals surface area contributed by atoms with E-state index >= 15 is 0 Å². The highest BCUT2D eigenvalue weighted by Gasteiger charge is 2.28. The molecule has 0 saturated carbocycles. The summed E-state index contributed by atoms with van der Waals surface area (Å²) in [4.78, 5) is 47.0. The zero-order valence-corrected chi connectivity index (χ0v) is 17.2. The SMILES string of the molecule is CC(=O)c1sc(NC(=O)CN2C(=O)COc3ccc(-c4cscn4)cc32)nc1C. The number of thiazole rings is 2. The van der Waals surface area contributed by atoms with E-state index in [4.69, 9.17) is 4.74 Å². The fraction of sp³-hybridized carbons (Fsp3) is 0.211. The molecule has 3 heterocycles. The van der Waals surface area contributed by atoms with Gasteiger partial charge < -0.3 is 10.1 Å². The molecule has 8 nitrogen and oxygen atoms in total. The fourth-order valence-corrected chi connectivity index (χ4v) is 4.41. The number of fused-ring (bicyclic) bond motifs is 1. The molecule has 0 bridgehead atoms. The number of Topliss-reactive ketones (excluding diaryl/α,β-unsaturated/α-hetero) is 1. The third-order valence-corrected chi connectivity index (χ3v) is 6.05. The van der Waals surface area contributed by atoms with Gasteiger partial charge in [0.15, 0.2) is 17.5 Å². The number of nitrogens with zero attached hydrogens (tertiary/aromatic N) is 3. The molecular formula is C19H16N4O4S2. The molecule has 0 fully saturated rings. The molecule has 0 unspecified atom stereocenters. The number of ketones is 1. The number of benzene rings is 1. The molecule has 0 saturated heterocycles. The predicted octanol–water partition coefficient (Wildman–Crippen LogP) is 3.14. The van der Waals surface area contributed by atoms with E-state index in [0.717, 1.165) is 22.6 Å². The van der Waals surface area contributed by atoms with Crippen molar-refractivity contribution < 1.29 is 19.1 Å². The topological polar surface area (TPSA) is 101 Å². The second-order valence-corrected chi connectivity index (χ2v) is 8.08. The number of amides is 2. The van der Waals surface area contributed by atoms with E-state index in [2.05, 4.69) is 15.3 Å². The summed E-state index contributed by atoms with van der Waals surface area (Å²) in [5, 5.41) is 4.90. The summed E-state index contributed by atoms with van der Waals surface area (Å²) in [6, 6.07) is 5.42. The van der Waals surface area contributed by atoms with Crippen LogP contribution in [0.25, 0.3) is 11.3 Å². The van der Waals surface area contributed by atoms with Crippen LogP contribution in [0.15, 0.2) is 29.1 Å². The Morgan fingerprint density at radius 3 is 2.86 bits per heavy atom. The molecule has 148 valence electrons. The first-order chi connectivity index (χ1) is 13.9. The van der Waals surface area contributed by atoms with Crippen LogP contribution in [0.3, 0.4) is 0 Å². The monoisotopic (exact) mass is 428 g/mol. The van der Waals surface area contributed by atoms with Crippen molar-refractivity contribution in [2.24, 2.45) is 0 Å². The smallest absolute Gasteiger partial charge is 0.265 e. The maximum atomic E-state index is 12.6. The molecule has 0 radical (unpaired) electrons. The van der Waals surface area contributed by atoms with Gasteiger partial charge >= 0.3 is 0 Å². The van der Waals surface area contributed by atoms with Gasteiger partial charge in [-0.05, 0) is 25.1 Å². The zero-order chi connectivity index (χ0) is 20.5. The molecule has 1 N–H and O–H groups in total. The van der Waals surface area contributed by atoms with Gasteiger partial charge in [0.05, 0.1) is 27.5 Å². The summed E-state index contributed by atoms with van der Waals surface area (Å²) in [5.41, 5.74) is 4.43. The van der Waals surface area contributed by atoms with Crippen LogP contribution in [0.4, 0.5) is 10.8 Å². The summed E-state index contributed by atoms with van der Waals surface area (Å²) in [6.45, 7) is 2.84. The number of rotatable bonds is 5. The minimum Gasteiger partial charge on any atom is -0.482 e. The number of aromatic nitrogens is 2. The average Bonchev–Trinajstić information content (AvgIpc) is 3.33. The second kappa shape index (κ2) is 7.72. The Kier molecular flexibility index (Phi) is 5.12. The van der Waals surface area contributed by atoms with Crippen molar-refractivity contribution in [3.05, 3.63) is 39.7 Å². The van der Waals surface area contributed by atoms with Crippen LogP contribution in [0, 0.1) is 6.92 Å². The standard InChI is InChI=1S/C19H16N4O4S2/c1-10-18(11(2)24)29-19(21-10)22-16(25)6-23-14-5-12(13-8-28-9-20-13)3-4-15(14)27-7-17(23)26/h3-5,8-9H,6-7H2,1-2H3,(H,21,22,25). The van der Waals surface area contributed by atoms with Crippen molar-refractivity contribution in [2.75, 3.05) is 23.4 Å². The molecule has 2 aromatic heterocycles. The Labute approximate surface area is 174 Å². The van der Waals surface area contributed by atoms with Gasteiger partial charge in [-0.2, -0.15) is 0 Å². The van der Waals surface area contributed by atoms with Gasteiger partial charge in [-0.1, -0.05) is 11.3 Å². The van der Waals surface area contributed by atoms with Gasteiger partial charge in [0.1, 0.15) is 12.3 Å². The van der Waals surface area contributed by atoms with E-state index < -0.39 is 5.91 Å². The van der Waals surface area contributed by atoms with Crippen LogP contribution in [0.5, 0.6) is 5.75 Å². The molecular weight excluding hydrogens is 412 g/mol. The highest BCUT2D eigenvalue weighted by atomic mass is 32.1. The number of anilines is 2. The lowest BCUT2D eigenvalue weighted by Gasteiger charge is -2.29. The van der Waals surface area contributed by atoms with Crippen molar-refractivity contribution in [1.82, 2.24) is 9.97 Å². The Morgan fingerprint density at radius 2 is 2.17 bits per heavy atom. The minimum absolute atomic E-state index is 0.104. The second-order valence-electron chi connectivity index (χ2n) is 6.36. The molecule has 1 aliphatic rings. The lowest BCUT2D eigenvalue weighted by atomic mass is 10.1. The summed E-state index contributed by atoms with van der Waals surface area (Å²) < 4.78 is 5.50. The Morgan fingerprint density at radius 1 is 1.34 bits per heavy atom. The Hall–Kier alpha value is -3.11. The highest BCUT2D eigenvalue weighted by Crippen LogP contribution is 2.36. The van der Waals surface area contributed by atoms with E-state index in [-0.39, 0.29) is 24.8 Å². The molecule has 10 heteroatoms. The van der Waals surface area contributed by atoms with E-state index in [0.29, 0.717) is 27.1 Å². The van der Waals surface area contributed by atoms with Gasteiger partial charge in [-0.3, -0.25) is 19.3 Å². The van der Waals surface area contributed by atoms with Crippen molar-refractivity contribution in [3.8, 4) is 17.0 Å². The first-order valence-electron chi connectivity index (χ1n) is 8.66. The average molecular weight is 428 g/mol. The predicted molar refractivity (Wildman–Crippen MR) is 111 cm³/mol. The number of ether oxygens (including phenoxy) is 1. The number of hydrogen-bond acceptors (Lipinski definition) is 8. The van der Waals surface area contributed by atoms with Crippen LogP contribution >= 0.6 is 22.7 Å². The number of carbonyl (C=O) groups excluding carboxylic acids is 3. The molecule has 2 amide bonds. The zero-order valence-electron chi connectivity index (χ0n) is 15.6. The van der Waals surface area contributed by atoms with E-state index in [1.165, 1.54) is 23.2 Å². The first kappa shape index (κ1) is 19.2. The van der Waals surface area contributed by atoms with Crippen molar-refractivity contribution >= 4 is 51.1 Å². The van der Waals surface area contributed by atoms with Gasteiger partial charge in [0, 0.05) is 17.9 Å². The highest BCUT2D eigenvalue weighted by molar-refractivity contribution is 7.17. The quantitative estimate of drug-likeness (QED) is 0.627. The maximum Gasteiger partial charge on any atom is 0.265 e. The molecule has 0 aliphatic carbocycles. The summed E-state index contributed by atoms with van der Waals surface area (Å²) in [7, 11) is 0. The normalized spacial score (nSPS) is 13.0. The van der Waals surface area contributed by atoms with E-state index in [1.54, 1.807) is 24.6 Å². The van der Waals surface area contributed by atoms with E-state index in [1.807, 2.05) is 11.4 Å². The molecule has 1 aliphatic heterocycles. The minimum atomic E-state index is -0.408. The van der Waals surface area contributed by atoms with E-state index in [9.17, 15) is 14.4 Å². The Bertz CT molecular complexity index is 1110. The van der Waals surface area contributed by atoms with Gasteiger partial charge in [-0.25, -0.2) is 9.97 Å². The number of hydrogen-bond donors (Lipinski definition) is 1. The largest absolute Gasteiger partial charge is 0.482 e. The Balaban J connectivity index is 1.56. The molecule has 0 atom stereocenters.